The minimum absolute atomic E-state index is 0.0379. The highest BCUT2D eigenvalue weighted by atomic mass is 35.5. The normalized spacial score (nSPS) is 11.5. The van der Waals surface area contributed by atoms with Crippen LogP contribution in [-0.4, -0.2) is 39.1 Å². The van der Waals surface area contributed by atoms with Gasteiger partial charge in [-0.15, -0.1) is 0 Å². The topological polar surface area (TPSA) is 109 Å². The maximum absolute atomic E-state index is 13.2. The van der Waals surface area contributed by atoms with Gasteiger partial charge in [0.2, 0.25) is 5.91 Å². The number of nitrogens with zero attached hydrogens (tertiary/aromatic N) is 1. The van der Waals surface area contributed by atoms with Crippen molar-refractivity contribution in [3.05, 3.63) is 63.8 Å². The number of aromatic hydroxyl groups is 1. The van der Waals surface area contributed by atoms with Crippen LogP contribution in [0.1, 0.15) is 27.2 Å². The third kappa shape index (κ3) is 4.54. The van der Waals surface area contributed by atoms with E-state index in [-0.39, 0.29) is 34.0 Å². The number of fused-ring (bicyclic) bond motifs is 1. The summed E-state index contributed by atoms with van der Waals surface area (Å²) in [5.74, 6) is -2.84. The summed E-state index contributed by atoms with van der Waals surface area (Å²) in [4.78, 5) is 36.0. The summed E-state index contributed by atoms with van der Waals surface area (Å²) in [6, 6.07) is 6.22. The molecular weight excluding hydrogens is 453 g/mol. The number of aliphatic carboxylic acids is 1. The average Bonchev–Trinajstić information content (AvgIpc) is 2.96. The van der Waals surface area contributed by atoms with Crippen molar-refractivity contribution in [2.24, 2.45) is 0 Å². The number of amides is 1. The molecule has 3 rings (SSSR count). The van der Waals surface area contributed by atoms with Crippen LogP contribution < -0.4 is 5.32 Å². The predicted octanol–water partition coefficient (Wildman–Crippen LogP) is 3.76. The average molecular weight is 469 g/mol. The van der Waals surface area contributed by atoms with E-state index in [1.807, 2.05) is 0 Å². The summed E-state index contributed by atoms with van der Waals surface area (Å²) in [6.07, 6.45) is -4.86. The standard InChI is InChI=1S/C21H16ClF3N2O5/c1-10-13(7-18(29)26-9-19(30)31)14-6-17(28)15(22)8-16(14)27(10)20(32)11-2-4-12(5-3-11)21(23,24)25/h2-6,8,28H,7,9H2,1H3,(H,26,29)(H,30,31). The van der Waals surface area contributed by atoms with Crippen LogP contribution in [0, 0.1) is 6.92 Å². The maximum atomic E-state index is 13.2. The Morgan fingerprint density at radius 2 is 1.75 bits per heavy atom. The van der Waals surface area contributed by atoms with Crippen molar-refractivity contribution in [2.75, 3.05) is 6.54 Å². The van der Waals surface area contributed by atoms with Gasteiger partial charge in [-0.3, -0.25) is 19.0 Å². The molecule has 0 aliphatic carbocycles. The SMILES string of the molecule is Cc1c(CC(=O)NCC(=O)O)c2cc(O)c(Cl)cc2n1C(=O)c1ccc(C(F)(F)F)cc1. The first-order valence-corrected chi connectivity index (χ1v) is 9.50. The zero-order valence-electron chi connectivity index (χ0n) is 16.5. The number of carbonyl (C=O) groups is 3. The van der Waals surface area contributed by atoms with Gasteiger partial charge in [0.1, 0.15) is 12.3 Å². The number of rotatable bonds is 5. The number of carbonyl (C=O) groups excluding carboxylic acids is 2. The number of phenolic OH excluding ortho intramolecular Hbond substituents is 1. The Labute approximate surface area is 184 Å². The van der Waals surface area contributed by atoms with E-state index in [1.54, 1.807) is 0 Å². The summed E-state index contributed by atoms with van der Waals surface area (Å²) in [7, 11) is 0. The second-order valence-electron chi connectivity index (χ2n) is 6.95. The second-order valence-corrected chi connectivity index (χ2v) is 7.35. The lowest BCUT2D eigenvalue weighted by molar-refractivity contribution is -0.138. The molecule has 1 heterocycles. The van der Waals surface area contributed by atoms with Gasteiger partial charge in [-0.25, -0.2) is 0 Å². The number of nitrogens with one attached hydrogen (secondary N) is 1. The van der Waals surface area contributed by atoms with Gasteiger partial charge in [0.25, 0.3) is 5.91 Å². The molecule has 3 N–H and O–H groups in total. The highest BCUT2D eigenvalue weighted by Gasteiger charge is 2.30. The number of phenols is 1. The first kappa shape index (κ1) is 23.1. The Hall–Kier alpha value is -3.53. The first-order valence-electron chi connectivity index (χ1n) is 9.13. The van der Waals surface area contributed by atoms with E-state index in [0.717, 1.165) is 24.3 Å². The van der Waals surface area contributed by atoms with Crippen LogP contribution in [-0.2, 0) is 22.2 Å². The van der Waals surface area contributed by atoms with Crippen molar-refractivity contribution < 1.29 is 37.8 Å². The predicted molar refractivity (Wildman–Crippen MR) is 109 cm³/mol. The molecular formula is C21H16ClF3N2O5. The minimum Gasteiger partial charge on any atom is -0.506 e. The molecule has 0 unspecified atom stereocenters. The molecule has 0 saturated carbocycles. The number of hydrogen-bond acceptors (Lipinski definition) is 4. The summed E-state index contributed by atoms with van der Waals surface area (Å²) >= 11 is 5.99. The van der Waals surface area contributed by atoms with Crippen molar-refractivity contribution in [1.29, 1.82) is 0 Å². The summed E-state index contributed by atoms with van der Waals surface area (Å²) in [5, 5.41) is 21.2. The molecule has 0 aliphatic rings. The van der Waals surface area contributed by atoms with E-state index in [9.17, 15) is 32.7 Å². The molecule has 0 atom stereocenters. The van der Waals surface area contributed by atoms with Gasteiger partial charge in [0.05, 0.1) is 22.5 Å². The molecule has 32 heavy (non-hydrogen) atoms. The first-order chi connectivity index (χ1) is 14.9. The number of halogens is 4. The Morgan fingerprint density at radius 1 is 1.12 bits per heavy atom. The van der Waals surface area contributed by atoms with Crippen LogP contribution in [0.15, 0.2) is 36.4 Å². The molecule has 11 heteroatoms. The molecule has 3 aromatic rings. The van der Waals surface area contributed by atoms with Crippen molar-refractivity contribution in [2.45, 2.75) is 19.5 Å². The zero-order valence-corrected chi connectivity index (χ0v) is 17.2. The minimum atomic E-state index is -4.56. The van der Waals surface area contributed by atoms with Crippen LogP contribution in [0.5, 0.6) is 5.75 Å². The van der Waals surface area contributed by atoms with Crippen LogP contribution in [0.2, 0.25) is 5.02 Å². The van der Waals surface area contributed by atoms with Crippen molar-refractivity contribution >= 4 is 40.3 Å². The second kappa shape index (κ2) is 8.54. The van der Waals surface area contributed by atoms with Gasteiger partial charge in [-0.05, 0) is 48.9 Å². The highest BCUT2D eigenvalue weighted by molar-refractivity contribution is 6.33. The fourth-order valence-corrected chi connectivity index (χ4v) is 3.46. The number of benzene rings is 2. The molecule has 7 nitrogen and oxygen atoms in total. The Morgan fingerprint density at radius 3 is 2.31 bits per heavy atom. The Kier molecular flexibility index (Phi) is 6.18. The molecule has 168 valence electrons. The molecule has 0 fully saturated rings. The largest absolute Gasteiger partial charge is 0.506 e. The van der Waals surface area contributed by atoms with Crippen molar-refractivity contribution in [3.8, 4) is 5.75 Å². The molecule has 2 aromatic carbocycles. The lowest BCUT2D eigenvalue weighted by atomic mass is 10.1. The molecule has 0 saturated heterocycles. The smallest absolute Gasteiger partial charge is 0.416 e. The molecule has 0 aliphatic heterocycles. The fourth-order valence-electron chi connectivity index (χ4n) is 3.30. The number of carboxylic acid groups (broad SMARTS) is 1. The molecule has 1 amide bonds. The van der Waals surface area contributed by atoms with Gasteiger partial charge >= 0.3 is 12.1 Å². The van der Waals surface area contributed by atoms with E-state index in [0.29, 0.717) is 10.9 Å². The van der Waals surface area contributed by atoms with Gasteiger partial charge < -0.3 is 15.5 Å². The van der Waals surface area contributed by atoms with Crippen molar-refractivity contribution in [3.63, 3.8) is 0 Å². The van der Waals surface area contributed by atoms with Crippen LogP contribution >= 0.6 is 11.6 Å². The lowest BCUT2D eigenvalue weighted by Gasteiger charge is -2.10. The van der Waals surface area contributed by atoms with Gasteiger partial charge in [0.15, 0.2) is 0 Å². The molecule has 1 aromatic heterocycles. The van der Waals surface area contributed by atoms with Gasteiger partial charge in [0, 0.05) is 16.6 Å². The molecule has 0 spiro atoms. The monoisotopic (exact) mass is 468 g/mol. The van der Waals surface area contributed by atoms with Crippen LogP contribution in [0.4, 0.5) is 13.2 Å². The third-order valence-electron chi connectivity index (χ3n) is 4.84. The summed E-state index contributed by atoms with van der Waals surface area (Å²) < 4.78 is 39.7. The Balaban J connectivity index is 2.09. The maximum Gasteiger partial charge on any atom is 0.416 e. The fraction of sp³-hybridized carbons (Fsp3) is 0.190. The van der Waals surface area contributed by atoms with E-state index in [1.165, 1.54) is 23.6 Å². The van der Waals surface area contributed by atoms with Crippen LogP contribution in [0.3, 0.4) is 0 Å². The van der Waals surface area contributed by atoms with E-state index < -0.39 is 36.1 Å². The number of aromatic nitrogens is 1. The van der Waals surface area contributed by atoms with E-state index in [2.05, 4.69) is 5.32 Å². The zero-order chi connectivity index (χ0) is 23.8. The lowest BCUT2D eigenvalue weighted by Crippen LogP contribution is -2.30. The van der Waals surface area contributed by atoms with Crippen molar-refractivity contribution in [1.82, 2.24) is 9.88 Å². The van der Waals surface area contributed by atoms with Gasteiger partial charge in [-0.1, -0.05) is 11.6 Å². The summed E-state index contributed by atoms with van der Waals surface area (Å²) in [6.45, 7) is 0.921. The summed E-state index contributed by atoms with van der Waals surface area (Å²) in [5.41, 5.74) is -0.0978. The number of hydrogen-bond donors (Lipinski definition) is 3. The molecule has 0 radical (unpaired) electrons. The number of carboxylic acids is 1. The van der Waals surface area contributed by atoms with Crippen LogP contribution in [0.25, 0.3) is 10.9 Å². The Bertz CT molecular complexity index is 1230. The van der Waals surface area contributed by atoms with E-state index >= 15 is 0 Å². The quantitative estimate of drug-likeness (QED) is 0.528. The highest BCUT2D eigenvalue weighted by Crippen LogP contribution is 2.35. The van der Waals surface area contributed by atoms with E-state index in [4.69, 9.17) is 16.7 Å². The third-order valence-corrected chi connectivity index (χ3v) is 5.14. The van der Waals surface area contributed by atoms with Gasteiger partial charge in [-0.2, -0.15) is 13.2 Å². The number of alkyl halides is 3. The molecule has 0 bridgehead atoms.